The highest BCUT2D eigenvalue weighted by molar-refractivity contribution is 7.93. The number of aryl methyl sites for hydroxylation is 1. The van der Waals surface area contributed by atoms with E-state index in [0.29, 0.717) is 56.2 Å². The standard InChI is InChI=1S/C36H31N3O9S/c1-46-26-18-16-25(17-19-26)39(36(43)47-35-28-9-3-5-11-30(28)37-31-12-6-4-10-29(31)35)49(44,45)27-20-14-24(15-21-27)8-2-7-13-34(42)48-38-32(40)22-23-33(38)41/h3-6,9-12,14-21H,2,7-8,13,22-23H2,1H3. The monoisotopic (exact) mass is 681 g/mol. The van der Waals surface area contributed by atoms with Gasteiger partial charge in [-0.05, 0) is 85.5 Å². The van der Waals surface area contributed by atoms with Gasteiger partial charge in [-0.15, -0.1) is 5.06 Å². The normalized spacial score (nSPS) is 13.1. The molecule has 0 N–H and O–H groups in total. The molecule has 6 rings (SSSR count). The minimum absolute atomic E-state index is 0.00447. The van der Waals surface area contributed by atoms with Gasteiger partial charge in [0.15, 0.2) is 5.75 Å². The van der Waals surface area contributed by atoms with Crippen molar-refractivity contribution in [1.82, 2.24) is 10.0 Å². The summed E-state index contributed by atoms with van der Waals surface area (Å²) in [6.07, 6.45) is 0.407. The highest BCUT2D eigenvalue weighted by Crippen LogP contribution is 2.35. The largest absolute Gasteiger partial charge is 0.497 e. The molecule has 250 valence electrons. The summed E-state index contributed by atoms with van der Waals surface area (Å²) in [4.78, 5) is 58.8. The number of rotatable bonds is 11. The smallest absolute Gasteiger partial charge is 0.434 e. The molecule has 0 unspecified atom stereocenters. The van der Waals surface area contributed by atoms with Crippen LogP contribution in [0.4, 0.5) is 10.5 Å². The molecule has 0 aliphatic carbocycles. The lowest BCUT2D eigenvalue weighted by Gasteiger charge is -2.23. The number of nitrogens with zero attached hydrogens (tertiary/aromatic N) is 3. The third kappa shape index (κ3) is 7.06. The van der Waals surface area contributed by atoms with Crippen molar-refractivity contribution >= 4 is 61.4 Å². The molecular weight excluding hydrogens is 650 g/mol. The highest BCUT2D eigenvalue weighted by Gasteiger charge is 2.34. The molecule has 1 fully saturated rings. The van der Waals surface area contributed by atoms with Crippen molar-refractivity contribution in [3.05, 3.63) is 103 Å². The van der Waals surface area contributed by atoms with Gasteiger partial charge < -0.3 is 14.3 Å². The molecule has 0 bridgehead atoms. The number of ether oxygens (including phenoxy) is 2. The molecule has 3 amide bonds. The number of unbranched alkanes of at least 4 members (excludes halogenated alkanes) is 1. The van der Waals surface area contributed by atoms with Crippen LogP contribution in [0, 0.1) is 0 Å². The number of pyridine rings is 1. The van der Waals surface area contributed by atoms with Crippen molar-refractivity contribution in [3.63, 3.8) is 0 Å². The first kappa shape index (κ1) is 33.1. The number of imide groups is 1. The summed E-state index contributed by atoms with van der Waals surface area (Å²) in [5.41, 5.74) is 1.99. The summed E-state index contributed by atoms with van der Waals surface area (Å²) >= 11 is 0. The van der Waals surface area contributed by atoms with Crippen molar-refractivity contribution < 1.29 is 41.9 Å². The van der Waals surface area contributed by atoms with Gasteiger partial charge in [0.1, 0.15) is 5.75 Å². The van der Waals surface area contributed by atoms with Crippen molar-refractivity contribution in [1.29, 1.82) is 0 Å². The summed E-state index contributed by atoms with van der Waals surface area (Å²) in [7, 11) is -3.02. The second kappa shape index (κ2) is 14.1. The zero-order valence-electron chi connectivity index (χ0n) is 26.4. The van der Waals surface area contributed by atoms with Crippen molar-refractivity contribution in [2.75, 3.05) is 11.4 Å². The van der Waals surface area contributed by atoms with Crippen LogP contribution < -0.4 is 13.8 Å². The maximum atomic E-state index is 14.2. The van der Waals surface area contributed by atoms with E-state index in [0.717, 1.165) is 5.56 Å². The van der Waals surface area contributed by atoms with E-state index >= 15 is 0 Å². The van der Waals surface area contributed by atoms with Gasteiger partial charge in [-0.2, -0.15) is 4.31 Å². The molecule has 2 heterocycles. The van der Waals surface area contributed by atoms with E-state index in [1.54, 1.807) is 60.7 Å². The summed E-state index contributed by atoms with van der Waals surface area (Å²) in [6.45, 7) is 0. The third-order valence-corrected chi connectivity index (χ3v) is 9.67. The minimum atomic E-state index is -4.49. The fourth-order valence-corrected chi connectivity index (χ4v) is 6.76. The Bertz CT molecular complexity index is 2100. The first-order valence-corrected chi connectivity index (χ1v) is 16.9. The first-order valence-electron chi connectivity index (χ1n) is 15.5. The van der Waals surface area contributed by atoms with E-state index < -0.39 is 33.9 Å². The number of hydrogen-bond donors (Lipinski definition) is 0. The molecular formula is C36H31N3O9S. The number of hydrogen-bond acceptors (Lipinski definition) is 10. The number of hydroxylamine groups is 2. The zero-order chi connectivity index (χ0) is 34.5. The molecule has 0 radical (unpaired) electrons. The van der Waals surface area contributed by atoms with Crippen LogP contribution in [0.5, 0.6) is 11.5 Å². The lowest BCUT2D eigenvalue weighted by atomic mass is 10.1. The molecule has 1 saturated heterocycles. The Hall–Kier alpha value is -5.82. The van der Waals surface area contributed by atoms with Crippen molar-refractivity contribution in [3.8, 4) is 11.5 Å². The van der Waals surface area contributed by atoms with Crippen molar-refractivity contribution in [2.45, 2.75) is 43.4 Å². The average molecular weight is 682 g/mol. The fourth-order valence-electron chi connectivity index (χ4n) is 5.44. The highest BCUT2D eigenvalue weighted by atomic mass is 32.2. The number of fused-ring (bicyclic) bond motifs is 2. The minimum Gasteiger partial charge on any atom is -0.497 e. The van der Waals surface area contributed by atoms with E-state index in [4.69, 9.17) is 14.3 Å². The topological polar surface area (TPSA) is 149 Å². The fraction of sp³-hybridized carbons (Fsp3) is 0.194. The molecule has 1 aliphatic heterocycles. The van der Waals surface area contributed by atoms with Gasteiger partial charge in [0.2, 0.25) is 0 Å². The van der Waals surface area contributed by atoms with Gasteiger partial charge in [-0.3, -0.25) is 9.59 Å². The summed E-state index contributed by atoms with van der Waals surface area (Å²) in [6, 6.07) is 26.3. The number of aromatic nitrogens is 1. The molecule has 12 nitrogen and oxygen atoms in total. The molecule has 5 aromatic rings. The van der Waals surface area contributed by atoms with Crippen LogP contribution in [0.2, 0.25) is 0 Å². The second-order valence-electron chi connectivity index (χ2n) is 11.2. The van der Waals surface area contributed by atoms with Gasteiger partial charge in [-0.1, -0.05) is 36.4 Å². The third-order valence-electron chi connectivity index (χ3n) is 7.96. The van der Waals surface area contributed by atoms with Gasteiger partial charge >= 0.3 is 12.1 Å². The number of anilines is 1. The predicted octanol–water partition coefficient (Wildman–Crippen LogP) is 6.11. The lowest BCUT2D eigenvalue weighted by molar-refractivity contribution is -0.197. The van der Waals surface area contributed by atoms with E-state index in [9.17, 15) is 27.6 Å². The molecule has 0 saturated carbocycles. The van der Waals surface area contributed by atoms with Gasteiger partial charge in [0, 0.05) is 30.0 Å². The SMILES string of the molecule is COc1ccc(N(C(=O)Oc2c3ccccc3nc3ccccc23)S(=O)(=O)c2ccc(CCCCC(=O)ON3C(=O)CCC3=O)cc2)cc1. The first-order chi connectivity index (χ1) is 23.7. The number of amides is 3. The van der Waals surface area contributed by atoms with E-state index in [2.05, 4.69) is 4.98 Å². The van der Waals surface area contributed by atoms with Gasteiger partial charge in [0.05, 0.1) is 28.7 Å². The quantitative estimate of drug-likeness (QED) is 0.0908. The van der Waals surface area contributed by atoms with Crippen LogP contribution in [0.1, 0.15) is 37.7 Å². The molecule has 49 heavy (non-hydrogen) atoms. The van der Waals surface area contributed by atoms with Crippen molar-refractivity contribution in [2.24, 2.45) is 0 Å². The second-order valence-corrected chi connectivity index (χ2v) is 13.0. The Balaban J connectivity index is 1.21. The Morgan fingerprint density at radius 1 is 0.796 bits per heavy atom. The number of carbonyl (C=O) groups is 4. The molecule has 1 aromatic heterocycles. The molecule has 0 atom stereocenters. The number of benzene rings is 4. The van der Waals surface area contributed by atoms with Crippen LogP contribution in [0.25, 0.3) is 21.8 Å². The van der Waals surface area contributed by atoms with E-state index in [1.165, 1.54) is 31.4 Å². The van der Waals surface area contributed by atoms with Gasteiger partial charge in [0.25, 0.3) is 21.8 Å². The van der Waals surface area contributed by atoms with Crippen LogP contribution in [0.15, 0.2) is 102 Å². The predicted molar refractivity (Wildman–Crippen MR) is 179 cm³/mol. The Labute approximate surface area is 281 Å². The average Bonchev–Trinajstić information content (AvgIpc) is 3.42. The van der Waals surface area contributed by atoms with Crippen LogP contribution in [-0.4, -0.2) is 49.5 Å². The number of sulfonamides is 1. The lowest BCUT2D eigenvalue weighted by Crippen LogP contribution is -2.39. The molecule has 0 spiro atoms. The zero-order valence-corrected chi connectivity index (χ0v) is 27.2. The molecule has 13 heteroatoms. The van der Waals surface area contributed by atoms with Crippen LogP contribution in [0.3, 0.4) is 0 Å². The van der Waals surface area contributed by atoms with Crippen LogP contribution in [-0.2, 0) is 35.7 Å². The Morgan fingerprint density at radius 3 is 1.98 bits per heavy atom. The molecule has 4 aromatic carbocycles. The summed E-state index contributed by atoms with van der Waals surface area (Å²) in [5.74, 6) is -1.10. The number of carbonyl (C=O) groups excluding carboxylic acids is 4. The van der Waals surface area contributed by atoms with Gasteiger partial charge in [-0.25, -0.2) is 23.0 Å². The summed E-state index contributed by atoms with van der Waals surface area (Å²) in [5, 5.41) is 1.60. The Morgan fingerprint density at radius 2 is 1.39 bits per heavy atom. The summed E-state index contributed by atoms with van der Waals surface area (Å²) < 4.78 is 40.1. The van der Waals surface area contributed by atoms with E-state index in [1.807, 2.05) is 12.1 Å². The van der Waals surface area contributed by atoms with Crippen LogP contribution >= 0.6 is 0 Å². The maximum Gasteiger partial charge on any atom is 0.434 e. The Kier molecular flexibility index (Phi) is 9.54. The van der Waals surface area contributed by atoms with E-state index in [-0.39, 0.29) is 35.6 Å². The number of para-hydroxylation sites is 2. The molecule has 1 aliphatic rings. The maximum absolute atomic E-state index is 14.2. The number of methoxy groups -OCH3 is 1.